The summed E-state index contributed by atoms with van der Waals surface area (Å²) in [4.78, 5) is 10.3. The van der Waals surface area contributed by atoms with E-state index in [1.807, 2.05) is 0 Å². The quantitative estimate of drug-likeness (QED) is 0.582. The summed E-state index contributed by atoms with van der Waals surface area (Å²) < 4.78 is 18.1. The Labute approximate surface area is 111 Å². The molecule has 1 N–H and O–H groups in total. The summed E-state index contributed by atoms with van der Waals surface area (Å²) >= 11 is 0. The predicted molar refractivity (Wildman–Crippen MR) is 68.1 cm³/mol. The molecule has 1 aromatic heterocycles. The molecule has 0 aliphatic carbocycles. The number of nitrogens with one attached hydrogen (secondary N) is 1. The predicted octanol–water partition coefficient (Wildman–Crippen LogP) is 3.01. The Morgan fingerprint density at radius 1 is 1.10 bits per heavy atom. The minimum atomic E-state index is -0.584. The molecule has 3 aromatic rings. The highest BCUT2D eigenvalue weighted by atomic mass is 19.1. The number of anilines is 2. The second kappa shape index (κ2) is 4.57. The van der Waals surface area contributed by atoms with Gasteiger partial charge in [0.1, 0.15) is 5.82 Å². The highest BCUT2D eigenvalue weighted by Crippen LogP contribution is 2.31. The number of fused-ring (bicyclic) bond motifs is 1. The van der Waals surface area contributed by atoms with Gasteiger partial charge in [-0.25, -0.2) is 9.02 Å². The molecule has 0 saturated heterocycles. The first-order chi connectivity index (χ1) is 9.66. The maximum absolute atomic E-state index is 13.6. The SMILES string of the molecule is O=[N+]([O-])c1ccc(Nc2ccccc2F)c2nonc12. The van der Waals surface area contributed by atoms with Crippen molar-refractivity contribution in [2.75, 3.05) is 5.32 Å². The van der Waals surface area contributed by atoms with Crippen LogP contribution in [-0.2, 0) is 0 Å². The van der Waals surface area contributed by atoms with Crippen LogP contribution in [0.25, 0.3) is 11.0 Å². The standard InChI is InChI=1S/C12H7FN4O3/c13-7-3-1-2-4-8(7)14-9-5-6-10(17(18)19)12-11(9)15-20-16-12/h1-6,14H. The van der Waals surface area contributed by atoms with E-state index in [2.05, 4.69) is 20.3 Å². The molecule has 0 bridgehead atoms. The highest BCUT2D eigenvalue weighted by Gasteiger charge is 2.19. The lowest BCUT2D eigenvalue weighted by atomic mass is 10.2. The molecule has 0 fully saturated rings. The third kappa shape index (κ3) is 1.92. The molecule has 2 aromatic carbocycles. The zero-order valence-corrected chi connectivity index (χ0v) is 9.91. The first kappa shape index (κ1) is 12.0. The minimum absolute atomic E-state index is 0.0105. The fraction of sp³-hybridized carbons (Fsp3) is 0. The van der Waals surface area contributed by atoms with Gasteiger partial charge in [0, 0.05) is 6.07 Å². The minimum Gasteiger partial charge on any atom is -0.351 e. The van der Waals surface area contributed by atoms with Gasteiger partial charge in [-0.1, -0.05) is 12.1 Å². The molecule has 7 nitrogen and oxygen atoms in total. The van der Waals surface area contributed by atoms with Crippen molar-refractivity contribution in [1.29, 1.82) is 0 Å². The Morgan fingerprint density at radius 3 is 2.60 bits per heavy atom. The highest BCUT2D eigenvalue weighted by molar-refractivity contribution is 5.94. The first-order valence-corrected chi connectivity index (χ1v) is 5.58. The number of nitro benzene ring substituents is 1. The van der Waals surface area contributed by atoms with Crippen LogP contribution in [-0.4, -0.2) is 15.2 Å². The summed E-state index contributed by atoms with van der Waals surface area (Å²) in [5.41, 5.74) is 0.557. The van der Waals surface area contributed by atoms with E-state index in [9.17, 15) is 14.5 Å². The summed E-state index contributed by atoms with van der Waals surface area (Å²) in [7, 11) is 0. The average molecular weight is 274 g/mol. The molecule has 0 amide bonds. The molecule has 20 heavy (non-hydrogen) atoms. The zero-order valence-electron chi connectivity index (χ0n) is 9.91. The van der Waals surface area contributed by atoms with Crippen LogP contribution in [0, 0.1) is 15.9 Å². The van der Waals surface area contributed by atoms with Gasteiger partial charge in [0.2, 0.25) is 5.52 Å². The van der Waals surface area contributed by atoms with Crippen LogP contribution in [0.3, 0.4) is 0 Å². The third-order valence-corrected chi connectivity index (χ3v) is 2.73. The van der Waals surface area contributed by atoms with Crippen LogP contribution >= 0.6 is 0 Å². The normalized spacial score (nSPS) is 10.7. The third-order valence-electron chi connectivity index (χ3n) is 2.73. The zero-order chi connectivity index (χ0) is 14.1. The molecule has 0 saturated carbocycles. The van der Waals surface area contributed by atoms with Crippen LogP contribution in [0.5, 0.6) is 0 Å². The Morgan fingerprint density at radius 2 is 1.85 bits per heavy atom. The fourth-order valence-corrected chi connectivity index (χ4v) is 1.81. The van der Waals surface area contributed by atoms with Crippen LogP contribution in [0.1, 0.15) is 0 Å². The molecule has 0 radical (unpaired) electrons. The Balaban J connectivity index is 2.10. The van der Waals surface area contributed by atoms with Gasteiger partial charge in [0.05, 0.1) is 16.3 Å². The lowest BCUT2D eigenvalue weighted by molar-refractivity contribution is -0.383. The maximum Gasteiger partial charge on any atom is 0.300 e. The van der Waals surface area contributed by atoms with E-state index in [4.69, 9.17) is 0 Å². The van der Waals surface area contributed by atoms with Gasteiger partial charge in [-0.3, -0.25) is 10.1 Å². The summed E-state index contributed by atoms with van der Waals surface area (Å²) in [6.45, 7) is 0. The number of non-ortho nitro benzene ring substituents is 1. The van der Waals surface area contributed by atoms with E-state index in [0.29, 0.717) is 5.69 Å². The van der Waals surface area contributed by atoms with E-state index < -0.39 is 10.7 Å². The smallest absolute Gasteiger partial charge is 0.300 e. The largest absolute Gasteiger partial charge is 0.351 e. The molecule has 1 heterocycles. The van der Waals surface area contributed by atoms with E-state index >= 15 is 0 Å². The van der Waals surface area contributed by atoms with Crippen molar-refractivity contribution >= 4 is 28.1 Å². The van der Waals surface area contributed by atoms with Crippen molar-refractivity contribution in [2.45, 2.75) is 0 Å². The summed E-state index contributed by atoms with van der Waals surface area (Å²) in [6, 6.07) is 8.74. The van der Waals surface area contributed by atoms with Gasteiger partial charge < -0.3 is 5.32 Å². The number of rotatable bonds is 3. The summed E-state index contributed by atoms with van der Waals surface area (Å²) in [6.07, 6.45) is 0. The number of nitrogens with zero attached hydrogens (tertiary/aromatic N) is 3. The van der Waals surface area contributed by atoms with Gasteiger partial charge >= 0.3 is 5.69 Å². The second-order valence-corrected chi connectivity index (χ2v) is 3.96. The molecule has 0 aliphatic rings. The van der Waals surface area contributed by atoms with Gasteiger partial charge in [-0.05, 0) is 28.5 Å². The topological polar surface area (TPSA) is 94.1 Å². The number of halogens is 1. The Bertz CT molecular complexity index is 802. The van der Waals surface area contributed by atoms with E-state index in [-0.39, 0.29) is 22.4 Å². The molecule has 0 unspecified atom stereocenters. The van der Waals surface area contributed by atoms with Crippen LogP contribution < -0.4 is 5.32 Å². The molecule has 0 atom stereocenters. The number of hydrogen-bond acceptors (Lipinski definition) is 6. The Hall–Kier alpha value is -3.03. The van der Waals surface area contributed by atoms with Crippen LogP contribution in [0.4, 0.5) is 21.5 Å². The number of para-hydroxylation sites is 1. The van der Waals surface area contributed by atoms with Crippen molar-refractivity contribution in [3.05, 3.63) is 52.3 Å². The van der Waals surface area contributed by atoms with Crippen molar-refractivity contribution < 1.29 is 13.9 Å². The Kier molecular flexibility index (Phi) is 2.75. The van der Waals surface area contributed by atoms with Crippen LogP contribution in [0.15, 0.2) is 41.0 Å². The number of nitro groups is 1. The molecule has 8 heteroatoms. The number of aromatic nitrogens is 2. The van der Waals surface area contributed by atoms with E-state index in [1.165, 1.54) is 24.3 Å². The van der Waals surface area contributed by atoms with Gasteiger partial charge in [0.15, 0.2) is 5.52 Å². The van der Waals surface area contributed by atoms with Crippen molar-refractivity contribution in [3.8, 4) is 0 Å². The average Bonchev–Trinajstić information content (AvgIpc) is 2.90. The summed E-state index contributed by atoms with van der Waals surface area (Å²) in [5.74, 6) is -0.449. The van der Waals surface area contributed by atoms with Crippen LogP contribution in [0.2, 0.25) is 0 Å². The monoisotopic (exact) mass is 274 g/mol. The fourth-order valence-electron chi connectivity index (χ4n) is 1.81. The van der Waals surface area contributed by atoms with E-state index in [0.717, 1.165) is 0 Å². The first-order valence-electron chi connectivity index (χ1n) is 5.58. The van der Waals surface area contributed by atoms with Crippen molar-refractivity contribution in [2.24, 2.45) is 0 Å². The second-order valence-electron chi connectivity index (χ2n) is 3.96. The van der Waals surface area contributed by atoms with E-state index in [1.54, 1.807) is 12.1 Å². The molecule has 100 valence electrons. The lowest BCUT2D eigenvalue weighted by Crippen LogP contribution is -1.96. The molecular weight excluding hydrogens is 267 g/mol. The lowest BCUT2D eigenvalue weighted by Gasteiger charge is -2.07. The maximum atomic E-state index is 13.6. The molecule has 0 aliphatic heterocycles. The number of hydrogen-bond donors (Lipinski definition) is 1. The van der Waals surface area contributed by atoms with Crippen molar-refractivity contribution in [3.63, 3.8) is 0 Å². The van der Waals surface area contributed by atoms with Gasteiger partial charge in [-0.15, -0.1) is 0 Å². The molecule has 3 rings (SSSR count). The van der Waals surface area contributed by atoms with Gasteiger partial charge in [0.25, 0.3) is 0 Å². The van der Waals surface area contributed by atoms with Crippen molar-refractivity contribution in [1.82, 2.24) is 10.3 Å². The summed E-state index contributed by atoms with van der Waals surface area (Å²) in [5, 5.41) is 20.8. The number of benzene rings is 2. The molecule has 0 spiro atoms. The van der Waals surface area contributed by atoms with Gasteiger partial charge in [-0.2, -0.15) is 0 Å². The molecular formula is C12H7FN4O3.